The number of para-hydroxylation sites is 1. The van der Waals surface area contributed by atoms with Gasteiger partial charge in [-0.25, -0.2) is 9.36 Å². The van der Waals surface area contributed by atoms with Crippen LogP contribution in [0, 0.1) is 0 Å². The van der Waals surface area contributed by atoms with E-state index in [1.54, 1.807) is 23.7 Å². The Morgan fingerprint density at radius 3 is 2.64 bits per heavy atom. The van der Waals surface area contributed by atoms with E-state index in [2.05, 4.69) is 13.8 Å². The number of thiophene rings is 1. The van der Waals surface area contributed by atoms with Gasteiger partial charge in [0.2, 0.25) is 0 Å². The first-order chi connectivity index (χ1) is 11.9. The van der Waals surface area contributed by atoms with E-state index in [1.807, 2.05) is 18.2 Å². The summed E-state index contributed by atoms with van der Waals surface area (Å²) in [5.74, 6) is 0. The van der Waals surface area contributed by atoms with Crippen LogP contribution in [0.1, 0.15) is 30.7 Å². The second-order valence-electron chi connectivity index (χ2n) is 6.77. The van der Waals surface area contributed by atoms with E-state index in [0.717, 1.165) is 21.7 Å². The molecule has 2 aromatic heterocycles. The molecule has 3 heterocycles. The SMILES string of the molecule is CC[C@@]1(C)Cc2c(sc3c2c(=O)n(-c2ccccc2)c(=O)n3C)CO1. The lowest BCUT2D eigenvalue weighted by Gasteiger charge is -2.32. The van der Waals surface area contributed by atoms with Crippen molar-refractivity contribution in [3.05, 3.63) is 61.6 Å². The lowest BCUT2D eigenvalue weighted by Crippen LogP contribution is -2.38. The Labute approximate surface area is 149 Å². The molecule has 0 N–H and O–H groups in total. The maximum absolute atomic E-state index is 13.2. The van der Waals surface area contributed by atoms with E-state index >= 15 is 0 Å². The first-order valence-electron chi connectivity index (χ1n) is 8.41. The van der Waals surface area contributed by atoms with Gasteiger partial charge in [0.05, 0.1) is 23.3 Å². The lowest BCUT2D eigenvalue weighted by atomic mass is 9.90. The molecule has 0 saturated carbocycles. The van der Waals surface area contributed by atoms with Gasteiger partial charge in [0.15, 0.2) is 0 Å². The highest BCUT2D eigenvalue weighted by Crippen LogP contribution is 2.38. The Bertz CT molecular complexity index is 1080. The van der Waals surface area contributed by atoms with Crippen molar-refractivity contribution in [3.8, 4) is 5.69 Å². The van der Waals surface area contributed by atoms with Gasteiger partial charge in [0.25, 0.3) is 5.56 Å². The number of benzene rings is 1. The molecule has 0 radical (unpaired) electrons. The number of aryl methyl sites for hydroxylation is 1. The normalized spacial score (nSPS) is 20.0. The van der Waals surface area contributed by atoms with Crippen LogP contribution >= 0.6 is 11.3 Å². The molecule has 5 nitrogen and oxygen atoms in total. The van der Waals surface area contributed by atoms with Crippen LogP contribution in [0.4, 0.5) is 0 Å². The molecule has 130 valence electrons. The third kappa shape index (κ3) is 2.40. The summed E-state index contributed by atoms with van der Waals surface area (Å²) >= 11 is 1.49. The molecular formula is C19H20N2O3S. The lowest BCUT2D eigenvalue weighted by molar-refractivity contribution is -0.0543. The fourth-order valence-corrected chi connectivity index (χ4v) is 4.57. The van der Waals surface area contributed by atoms with Crippen molar-refractivity contribution in [3.63, 3.8) is 0 Å². The molecule has 6 heteroatoms. The molecule has 1 aromatic carbocycles. The zero-order valence-corrected chi connectivity index (χ0v) is 15.4. The summed E-state index contributed by atoms with van der Waals surface area (Å²) in [7, 11) is 1.73. The highest BCUT2D eigenvalue weighted by molar-refractivity contribution is 7.18. The minimum Gasteiger partial charge on any atom is -0.369 e. The molecule has 0 fully saturated rings. The molecule has 0 spiro atoms. The van der Waals surface area contributed by atoms with E-state index in [0.29, 0.717) is 24.1 Å². The molecule has 25 heavy (non-hydrogen) atoms. The number of rotatable bonds is 2. The zero-order valence-electron chi connectivity index (χ0n) is 14.5. The fourth-order valence-electron chi connectivity index (χ4n) is 3.39. The Hall–Kier alpha value is -2.18. The molecule has 0 saturated heterocycles. The predicted molar refractivity (Wildman–Crippen MR) is 99.9 cm³/mol. The summed E-state index contributed by atoms with van der Waals surface area (Å²) in [6.45, 7) is 4.67. The zero-order chi connectivity index (χ0) is 17.8. The largest absolute Gasteiger partial charge is 0.369 e. The standard InChI is InChI=1S/C19H20N2O3S/c1-4-19(2)10-13-14(11-24-19)25-17-15(13)16(22)21(18(23)20(17)3)12-8-6-5-7-9-12/h5-9H,4,10-11H2,1-3H3/t19-/m0/s1. The van der Waals surface area contributed by atoms with Crippen LogP contribution in [0.2, 0.25) is 0 Å². The molecule has 1 aliphatic heterocycles. The van der Waals surface area contributed by atoms with Crippen molar-refractivity contribution < 1.29 is 4.74 Å². The van der Waals surface area contributed by atoms with E-state index in [1.165, 1.54) is 15.9 Å². The van der Waals surface area contributed by atoms with Gasteiger partial charge < -0.3 is 4.74 Å². The van der Waals surface area contributed by atoms with E-state index in [4.69, 9.17) is 4.74 Å². The number of aromatic nitrogens is 2. The summed E-state index contributed by atoms with van der Waals surface area (Å²) in [5.41, 5.74) is 0.824. The molecule has 1 aliphatic rings. The number of fused-ring (bicyclic) bond motifs is 3. The van der Waals surface area contributed by atoms with Crippen molar-refractivity contribution in [2.75, 3.05) is 0 Å². The number of hydrogen-bond acceptors (Lipinski definition) is 4. The van der Waals surface area contributed by atoms with Crippen LogP contribution < -0.4 is 11.2 Å². The van der Waals surface area contributed by atoms with Crippen LogP contribution in [0.5, 0.6) is 0 Å². The molecule has 0 amide bonds. The molecule has 0 unspecified atom stereocenters. The molecule has 0 aliphatic carbocycles. The second-order valence-corrected chi connectivity index (χ2v) is 7.85. The summed E-state index contributed by atoms with van der Waals surface area (Å²) in [6.07, 6.45) is 1.57. The van der Waals surface area contributed by atoms with Crippen molar-refractivity contribution in [1.29, 1.82) is 0 Å². The highest BCUT2D eigenvalue weighted by Gasteiger charge is 2.33. The summed E-state index contributed by atoms with van der Waals surface area (Å²) in [6, 6.07) is 9.10. The van der Waals surface area contributed by atoms with E-state index in [-0.39, 0.29) is 16.9 Å². The average molecular weight is 356 g/mol. The fraction of sp³-hybridized carbons (Fsp3) is 0.368. The van der Waals surface area contributed by atoms with Crippen LogP contribution in [0.3, 0.4) is 0 Å². The number of nitrogens with zero attached hydrogens (tertiary/aromatic N) is 2. The van der Waals surface area contributed by atoms with Gasteiger partial charge in [0.1, 0.15) is 4.83 Å². The maximum Gasteiger partial charge on any atom is 0.336 e. The molecule has 0 bridgehead atoms. The number of ether oxygens (including phenoxy) is 1. The monoisotopic (exact) mass is 356 g/mol. The van der Waals surface area contributed by atoms with Gasteiger partial charge in [0, 0.05) is 18.3 Å². The third-order valence-corrected chi connectivity index (χ3v) is 6.42. The second kappa shape index (κ2) is 5.68. The van der Waals surface area contributed by atoms with Gasteiger partial charge in [-0.3, -0.25) is 9.36 Å². The van der Waals surface area contributed by atoms with Crippen molar-refractivity contribution in [2.45, 2.75) is 38.9 Å². The van der Waals surface area contributed by atoms with Crippen molar-refractivity contribution >= 4 is 21.6 Å². The quantitative estimate of drug-likeness (QED) is 0.709. The van der Waals surface area contributed by atoms with Gasteiger partial charge >= 0.3 is 5.69 Å². The Kier molecular flexibility index (Phi) is 3.70. The van der Waals surface area contributed by atoms with Crippen LogP contribution in [-0.4, -0.2) is 14.7 Å². The molecule has 1 atom stereocenters. The highest BCUT2D eigenvalue weighted by atomic mass is 32.1. The Morgan fingerprint density at radius 2 is 1.96 bits per heavy atom. The number of hydrogen-bond donors (Lipinski definition) is 0. The minimum atomic E-state index is -0.318. The first-order valence-corrected chi connectivity index (χ1v) is 9.22. The van der Waals surface area contributed by atoms with Crippen LogP contribution in [-0.2, 0) is 24.8 Å². The Morgan fingerprint density at radius 1 is 1.24 bits per heavy atom. The topological polar surface area (TPSA) is 53.2 Å². The smallest absolute Gasteiger partial charge is 0.336 e. The Balaban J connectivity index is 2.07. The van der Waals surface area contributed by atoms with E-state index < -0.39 is 0 Å². The van der Waals surface area contributed by atoms with Gasteiger partial charge in [-0.15, -0.1) is 11.3 Å². The van der Waals surface area contributed by atoms with Crippen molar-refractivity contribution in [2.24, 2.45) is 7.05 Å². The predicted octanol–water partition coefficient (Wildman–Crippen LogP) is 2.99. The third-order valence-electron chi connectivity index (χ3n) is 5.14. The maximum atomic E-state index is 13.2. The molecule has 4 rings (SSSR count). The molecule has 3 aromatic rings. The van der Waals surface area contributed by atoms with Gasteiger partial charge in [-0.05, 0) is 31.0 Å². The van der Waals surface area contributed by atoms with Crippen LogP contribution in [0.15, 0.2) is 39.9 Å². The van der Waals surface area contributed by atoms with Crippen LogP contribution in [0.25, 0.3) is 15.9 Å². The minimum absolute atomic E-state index is 0.234. The van der Waals surface area contributed by atoms with Gasteiger partial charge in [-0.1, -0.05) is 25.1 Å². The molecular weight excluding hydrogens is 336 g/mol. The summed E-state index contributed by atoms with van der Waals surface area (Å²) in [5, 5.41) is 0.661. The average Bonchev–Trinajstić information content (AvgIpc) is 2.99. The van der Waals surface area contributed by atoms with Gasteiger partial charge in [-0.2, -0.15) is 0 Å². The summed E-state index contributed by atoms with van der Waals surface area (Å²) in [4.78, 5) is 27.8. The van der Waals surface area contributed by atoms with E-state index in [9.17, 15) is 9.59 Å². The van der Waals surface area contributed by atoms with Crippen molar-refractivity contribution in [1.82, 2.24) is 9.13 Å². The summed E-state index contributed by atoms with van der Waals surface area (Å²) < 4.78 is 8.86. The first kappa shape index (κ1) is 16.3.